The molecule has 0 aromatic carbocycles. The number of nitrogens with two attached hydrogens (primary N) is 1. The predicted octanol–water partition coefficient (Wildman–Crippen LogP) is 4.87. The van der Waals surface area contributed by atoms with Crippen LogP contribution in [0.3, 0.4) is 0 Å². The summed E-state index contributed by atoms with van der Waals surface area (Å²) in [7, 11) is 0. The van der Waals surface area contributed by atoms with Crippen LogP contribution in [0, 0.1) is 59.2 Å². The van der Waals surface area contributed by atoms with Crippen LogP contribution in [-0.2, 0) is 14.4 Å². The number of fused-ring (bicyclic) bond motifs is 7. The summed E-state index contributed by atoms with van der Waals surface area (Å²) in [6.07, 6.45) is 15.0. The number of amides is 1. The average molecular weight is 438 g/mol. The highest BCUT2D eigenvalue weighted by atomic mass is 16.1. The van der Waals surface area contributed by atoms with Crippen molar-refractivity contribution in [2.45, 2.75) is 71.6 Å². The summed E-state index contributed by atoms with van der Waals surface area (Å²) in [6, 6.07) is 0. The third kappa shape index (κ3) is 3.62. The largest absolute Gasteiger partial charge is 0.369 e. The van der Waals surface area contributed by atoms with Crippen LogP contribution in [0.25, 0.3) is 0 Å². The Kier molecular flexibility index (Phi) is 5.92. The van der Waals surface area contributed by atoms with E-state index in [1.165, 1.54) is 12.0 Å². The van der Waals surface area contributed by atoms with E-state index in [0.29, 0.717) is 47.7 Å². The second kappa shape index (κ2) is 8.57. The van der Waals surface area contributed by atoms with Gasteiger partial charge in [0.2, 0.25) is 5.91 Å². The van der Waals surface area contributed by atoms with Crippen LogP contribution in [0.2, 0.25) is 0 Å². The zero-order chi connectivity index (χ0) is 22.6. The van der Waals surface area contributed by atoms with Crippen LogP contribution in [0.1, 0.15) is 71.6 Å². The normalized spacial score (nSPS) is 43.9. The van der Waals surface area contributed by atoms with Crippen molar-refractivity contribution in [3.05, 3.63) is 23.8 Å². The molecule has 2 N–H and O–H groups in total. The minimum Gasteiger partial charge on any atom is -0.369 e. The number of hydrogen-bond acceptors (Lipinski definition) is 3. The van der Waals surface area contributed by atoms with Crippen LogP contribution < -0.4 is 5.73 Å². The number of carbonyl (C=O) groups excluding carboxylic acids is 3. The molecule has 10 atom stereocenters. The summed E-state index contributed by atoms with van der Waals surface area (Å²) in [4.78, 5) is 38.2. The Morgan fingerprint density at radius 2 is 1.84 bits per heavy atom. The van der Waals surface area contributed by atoms with E-state index >= 15 is 0 Å². The maximum atomic E-state index is 13.8. The van der Waals surface area contributed by atoms with Gasteiger partial charge in [0.15, 0.2) is 11.6 Å². The monoisotopic (exact) mass is 437 g/mol. The maximum Gasteiger partial charge on any atom is 0.220 e. The van der Waals surface area contributed by atoms with Gasteiger partial charge < -0.3 is 5.73 Å². The van der Waals surface area contributed by atoms with Crippen LogP contribution in [0.4, 0.5) is 0 Å². The molecule has 5 aliphatic carbocycles. The maximum absolute atomic E-state index is 13.8. The van der Waals surface area contributed by atoms with Gasteiger partial charge in [0.05, 0.1) is 0 Å². The van der Waals surface area contributed by atoms with Gasteiger partial charge in [-0.2, -0.15) is 0 Å². The fourth-order valence-electron chi connectivity index (χ4n) is 8.56. The first-order valence-corrected chi connectivity index (χ1v) is 13.1. The molecule has 0 aromatic heterocycles. The number of rotatable bonds is 4. The first-order valence-electron chi connectivity index (χ1n) is 13.1. The van der Waals surface area contributed by atoms with Crippen LogP contribution >= 0.6 is 0 Å². The van der Waals surface area contributed by atoms with E-state index in [2.05, 4.69) is 19.9 Å². The molecule has 0 heterocycles. The number of ketones is 2. The molecule has 4 nitrogen and oxygen atoms in total. The highest BCUT2D eigenvalue weighted by Gasteiger charge is 2.55. The van der Waals surface area contributed by atoms with Crippen molar-refractivity contribution in [3.63, 3.8) is 0 Å². The van der Waals surface area contributed by atoms with Gasteiger partial charge in [-0.3, -0.25) is 14.4 Å². The van der Waals surface area contributed by atoms with Crippen molar-refractivity contribution >= 4 is 17.5 Å². The Morgan fingerprint density at radius 3 is 2.59 bits per heavy atom. The van der Waals surface area contributed by atoms with Gasteiger partial charge >= 0.3 is 0 Å². The summed E-state index contributed by atoms with van der Waals surface area (Å²) in [5, 5.41) is 0. The Morgan fingerprint density at radius 1 is 1.09 bits per heavy atom. The van der Waals surface area contributed by atoms with E-state index in [9.17, 15) is 14.4 Å². The molecule has 174 valence electrons. The van der Waals surface area contributed by atoms with Crippen molar-refractivity contribution in [1.29, 1.82) is 0 Å². The van der Waals surface area contributed by atoms with E-state index in [0.717, 1.165) is 44.9 Å². The van der Waals surface area contributed by atoms with Gasteiger partial charge in [-0.1, -0.05) is 31.9 Å². The smallest absolute Gasteiger partial charge is 0.220 e. The lowest BCUT2D eigenvalue weighted by Crippen LogP contribution is -2.53. The number of hydrogen-bond donors (Lipinski definition) is 1. The fourth-order valence-corrected chi connectivity index (χ4v) is 8.56. The lowest BCUT2D eigenvalue weighted by atomic mass is 9.48. The van der Waals surface area contributed by atoms with E-state index in [1.807, 2.05) is 6.08 Å². The fraction of sp³-hybridized carbons (Fsp3) is 0.750. The van der Waals surface area contributed by atoms with Crippen molar-refractivity contribution in [2.24, 2.45) is 64.9 Å². The number of primary amides is 1. The SMILES string of the molecule is CCC(C)CC1C(C(N)=O)CCC2CCC3C4CCC5CC(=O)C=CC5C4=CC(=O)C3C21. The molecule has 3 fully saturated rings. The summed E-state index contributed by atoms with van der Waals surface area (Å²) in [5.74, 6) is 3.55. The Labute approximate surface area is 192 Å². The van der Waals surface area contributed by atoms with Gasteiger partial charge in [-0.25, -0.2) is 0 Å². The zero-order valence-electron chi connectivity index (χ0n) is 19.7. The Bertz CT molecular complexity index is 857. The van der Waals surface area contributed by atoms with Crippen LogP contribution in [-0.4, -0.2) is 17.5 Å². The summed E-state index contributed by atoms with van der Waals surface area (Å²) < 4.78 is 0. The summed E-state index contributed by atoms with van der Waals surface area (Å²) in [5.41, 5.74) is 7.23. The third-order valence-electron chi connectivity index (χ3n) is 10.2. The summed E-state index contributed by atoms with van der Waals surface area (Å²) in [6.45, 7) is 4.50. The highest BCUT2D eigenvalue weighted by molar-refractivity contribution is 5.95. The minimum atomic E-state index is -0.157. The van der Waals surface area contributed by atoms with Gasteiger partial charge in [-0.15, -0.1) is 0 Å². The van der Waals surface area contributed by atoms with Gasteiger partial charge in [0, 0.05) is 24.2 Å². The third-order valence-corrected chi connectivity index (χ3v) is 10.2. The topological polar surface area (TPSA) is 77.2 Å². The van der Waals surface area contributed by atoms with E-state index in [1.54, 1.807) is 6.08 Å². The molecule has 5 aliphatic rings. The molecule has 0 spiro atoms. The average Bonchev–Trinajstić information content (AvgIpc) is 2.78. The first-order chi connectivity index (χ1) is 15.4. The lowest BCUT2D eigenvalue weighted by molar-refractivity contribution is -0.140. The molecule has 3 saturated carbocycles. The molecule has 1 amide bonds. The molecule has 0 aromatic rings. The first kappa shape index (κ1) is 22.1. The predicted molar refractivity (Wildman–Crippen MR) is 124 cm³/mol. The molecule has 0 aliphatic heterocycles. The van der Waals surface area contributed by atoms with Gasteiger partial charge in [0.1, 0.15) is 0 Å². The Balaban J connectivity index is 1.50. The molecule has 4 heteroatoms. The molecule has 32 heavy (non-hydrogen) atoms. The van der Waals surface area contributed by atoms with Crippen molar-refractivity contribution in [3.8, 4) is 0 Å². The lowest BCUT2D eigenvalue weighted by Gasteiger charge is -2.56. The number of allylic oxidation sites excluding steroid dienone is 4. The van der Waals surface area contributed by atoms with Crippen LogP contribution in [0.15, 0.2) is 23.8 Å². The number of carbonyl (C=O) groups is 3. The van der Waals surface area contributed by atoms with Crippen molar-refractivity contribution < 1.29 is 14.4 Å². The molecule has 0 bridgehead atoms. The molecular weight excluding hydrogens is 398 g/mol. The minimum absolute atomic E-state index is 0.0597. The molecule has 0 saturated heterocycles. The highest BCUT2D eigenvalue weighted by Crippen LogP contribution is 2.59. The summed E-state index contributed by atoms with van der Waals surface area (Å²) >= 11 is 0. The zero-order valence-corrected chi connectivity index (χ0v) is 19.7. The van der Waals surface area contributed by atoms with Gasteiger partial charge in [0.25, 0.3) is 0 Å². The standard InChI is InChI=1S/C28H39NO3/c1-3-15(2)12-24-22(28(29)32)10-5-16-4-9-21-20-8-6-17-13-18(30)7-11-19(17)23(20)14-25(31)27(21)26(16)24/h7,11,14-17,19-22,24,26-27H,3-6,8-10,12-13H2,1-2H3,(H2,29,32). The second-order valence-electron chi connectivity index (χ2n) is 11.6. The van der Waals surface area contributed by atoms with Crippen LogP contribution in [0.5, 0.6) is 0 Å². The molecule has 5 rings (SSSR count). The molecule has 10 unspecified atom stereocenters. The molecular formula is C28H39NO3. The van der Waals surface area contributed by atoms with E-state index in [-0.39, 0.29) is 35.4 Å². The Hall–Kier alpha value is -1.71. The van der Waals surface area contributed by atoms with Gasteiger partial charge in [-0.05, 0) is 98.5 Å². The van der Waals surface area contributed by atoms with Crippen molar-refractivity contribution in [1.82, 2.24) is 0 Å². The second-order valence-corrected chi connectivity index (χ2v) is 11.6. The molecule has 0 radical (unpaired) electrons. The van der Waals surface area contributed by atoms with E-state index < -0.39 is 0 Å². The quantitative estimate of drug-likeness (QED) is 0.681. The van der Waals surface area contributed by atoms with E-state index in [4.69, 9.17) is 5.73 Å². The van der Waals surface area contributed by atoms with Crippen molar-refractivity contribution in [2.75, 3.05) is 0 Å².